The fraction of sp³-hybridized carbons (Fsp3) is 0.615. The van der Waals surface area contributed by atoms with Crippen LogP contribution in [0.2, 0.25) is 0 Å². The highest BCUT2D eigenvalue weighted by molar-refractivity contribution is 5.97. The van der Waals surface area contributed by atoms with Crippen LogP contribution in [0.3, 0.4) is 0 Å². The van der Waals surface area contributed by atoms with E-state index < -0.39 is 0 Å². The normalized spacial score (nSPS) is 19.3. The Labute approximate surface area is 91.1 Å². The lowest BCUT2D eigenvalue weighted by Gasteiger charge is -2.01. The minimum absolute atomic E-state index is 0.327. The van der Waals surface area contributed by atoms with Gasteiger partial charge in [0.25, 0.3) is 0 Å². The van der Waals surface area contributed by atoms with Crippen molar-refractivity contribution < 1.29 is 4.79 Å². The van der Waals surface area contributed by atoms with Crippen LogP contribution in [0.1, 0.15) is 61.0 Å². The first-order valence-electron chi connectivity index (χ1n) is 6.07. The van der Waals surface area contributed by atoms with E-state index >= 15 is 0 Å². The van der Waals surface area contributed by atoms with Crippen molar-refractivity contribution in [2.75, 3.05) is 0 Å². The maximum Gasteiger partial charge on any atom is 0.164 e. The molecule has 82 valence electrons. The lowest BCUT2D eigenvalue weighted by Crippen LogP contribution is -2.01. The number of H-pyrrole nitrogens is 1. The Kier molecular flexibility index (Phi) is 3.59. The van der Waals surface area contributed by atoms with Crippen molar-refractivity contribution in [3.63, 3.8) is 0 Å². The number of nitrogens with one attached hydrogen (secondary N) is 1. The van der Waals surface area contributed by atoms with E-state index in [9.17, 15) is 4.79 Å². The third kappa shape index (κ3) is 2.71. The summed E-state index contributed by atoms with van der Waals surface area (Å²) >= 11 is 0. The molecule has 0 bridgehead atoms. The minimum Gasteiger partial charge on any atom is -0.364 e. The Morgan fingerprint density at radius 2 is 1.60 bits per heavy atom. The van der Waals surface area contributed by atoms with Crippen molar-refractivity contribution in [1.82, 2.24) is 4.98 Å². The number of carbonyl (C=O) groups excluding carboxylic acids is 1. The number of hydrogen-bond acceptors (Lipinski definition) is 1. The van der Waals surface area contributed by atoms with E-state index in [1.807, 2.05) is 12.3 Å². The summed E-state index contributed by atoms with van der Waals surface area (Å²) in [7, 11) is 0. The second-order valence-electron chi connectivity index (χ2n) is 4.41. The first-order valence-corrected chi connectivity index (χ1v) is 6.07. The smallest absolute Gasteiger partial charge is 0.164 e. The highest BCUT2D eigenvalue weighted by Crippen LogP contribution is 2.18. The first kappa shape index (κ1) is 10.5. The van der Waals surface area contributed by atoms with Gasteiger partial charge in [-0.05, 0) is 25.3 Å². The van der Waals surface area contributed by atoms with Crippen LogP contribution in [0.25, 0.3) is 0 Å². The van der Waals surface area contributed by atoms with Gasteiger partial charge in [0, 0.05) is 23.9 Å². The van der Waals surface area contributed by atoms with Crippen LogP contribution in [0, 0.1) is 0 Å². The van der Waals surface area contributed by atoms with Gasteiger partial charge in [-0.15, -0.1) is 0 Å². The molecule has 0 saturated carbocycles. The fourth-order valence-electron chi connectivity index (χ4n) is 2.30. The van der Waals surface area contributed by atoms with Gasteiger partial charge in [0.15, 0.2) is 5.78 Å². The summed E-state index contributed by atoms with van der Waals surface area (Å²) in [5.41, 5.74) is 2.10. The van der Waals surface area contributed by atoms with Crippen LogP contribution >= 0.6 is 0 Å². The molecule has 1 N–H and O–H groups in total. The van der Waals surface area contributed by atoms with Gasteiger partial charge in [-0.2, -0.15) is 0 Å². The molecule has 2 heteroatoms. The predicted octanol–water partition coefficient (Wildman–Crippen LogP) is 3.48. The van der Waals surface area contributed by atoms with E-state index in [2.05, 4.69) is 4.98 Å². The summed E-state index contributed by atoms with van der Waals surface area (Å²) in [4.78, 5) is 15.1. The lowest BCUT2D eigenvalue weighted by molar-refractivity contribution is 0.0978. The molecule has 0 atom stereocenters. The van der Waals surface area contributed by atoms with Crippen molar-refractivity contribution in [1.29, 1.82) is 0 Å². The number of aromatic amines is 1. The molecule has 2 nitrogen and oxygen atoms in total. The summed E-state index contributed by atoms with van der Waals surface area (Å²) in [5.74, 6) is 0.327. The molecule has 15 heavy (non-hydrogen) atoms. The molecule has 2 rings (SSSR count). The summed E-state index contributed by atoms with van der Waals surface area (Å²) < 4.78 is 0. The zero-order valence-electron chi connectivity index (χ0n) is 9.22. The number of carbonyl (C=O) groups is 1. The second-order valence-corrected chi connectivity index (χ2v) is 4.41. The van der Waals surface area contributed by atoms with Gasteiger partial charge in [0.2, 0.25) is 0 Å². The molecule has 0 fully saturated rings. The predicted molar refractivity (Wildman–Crippen MR) is 61.1 cm³/mol. The van der Waals surface area contributed by atoms with Gasteiger partial charge in [0.05, 0.1) is 0 Å². The minimum atomic E-state index is 0.327. The molecule has 1 aromatic rings. The Balaban J connectivity index is 2.10. The van der Waals surface area contributed by atoms with Crippen molar-refractivity contribution in [2.45, 2.75) is 51.4 Å². The number of aryl methyl sites for hydroxylation is 1. The van der Waals surface area contributed by atoms with Gasteiger partial charge in [-0.1, -0.05) is 25.7 Å². The van der Waals surface area contributed by atoms with Gasteiger partial charge in [0.1, 0.15) is 0 Å². The molecule has 0 aliphatic heterocycles. The molecule has 0 saturated heterocycles. The standard InChI is InChI=1S/C13H19NO/c15-13-8-6-4-2-1-3-5-7-12-11(13)9-10-14-12/h9-10,14H,1-8H2. The number of hydrogen-bond donors (Lipinski definition) is 1. The van der Waals surface area contributed by atoms with Crippen LogP contribution in [0.4, 0.5) is 0 Å². The Morgan fingerprint density at radius 1 is 0.933 bits per heavy atom. The molecular weight excluding hydrogens is 186 g/mol. The maximum absolute atomic E-state index is 11.9. The number of ketones is 1. The fourth-order valence-corrected chi connectivity index (χ4v) is 2.30. The Hall–Kier alpha value is -1.05. The zero-order valence-corrected chi connectivity index (χ0v) is 9.22. The Bertz CT molecular complexity index is 327. The van der Waals surface area contributed by atoms with E-state index in [0.29, 0.717) is 5.78 Å². The largest absolute Gasteiger partial charge is 0.364 e. The van der Waals surface area contributed by atoms with E-state index in [4.69, 9.17) is 0 Å². The van der Waals surface area contributed by atoms with Crippen molar-refractivity contribution >= 4 is 5.78 Å². The summed E-state index contributed by atoms with van der Waals surface area (Å²) in [6.45, 7) is 0. The molecule has 0 spiro atoms. The second kappa shape index (κ2) is 5.15. The van der Waals surface area contributed by atoms with Crippen LogP contribution in [-0.2, 0) is 6.42 Å². The molecular formula is C13H19NO. The summed E-state index contributed by atoms with van der Waals surface area (Å²) in [5, 5.41) is 0. The van der Waals surface area contributed by atoms with Crippen LogP contribution in [0.15, 0.2) is 12.3 Å². The van der Waals surface area contributed by atoms with E-state index in [0.717, 1.165) is 30.5 Å². The van der Waals surface area contributed by atoms with Crippen molar-refractivity contribution in [3.8, 4) is 0 Å². The quantitative estimate of drug-likeness (QED) is 0.691. The highest BCUT2D eigenvalue weighted by atomic mass is 16.1. The highest BCUT2D eigenvalue weighted by Gasteiger charge is 2.12. The third-order valence-electron chi connectivity index (χ3n) is 3.21. The van der Waals surface area contributed by atoms with Crippen LogP contribution < -0.4 is 0 Å². The molecule has 1 aliphatic rings. The maximum atomic E-state index is 11.9. The molecule has 1 aromatic heterocycles. The lowest BCUT2D eigenvalue weighted by atomic mass is 10.0. The number of aromatic nitrogens is 1. The summed E-state index contributed by atoms with van der Waals surface area (Å²) in [6.07, 6.45) is 11.1. The molecule has 0 amide bonds. The molecule has 0 aromatic carbocycles. The average molecular weight is 205 g/mol. The monoisotopic (exact) mass is 205 g/mol. The van der Waals surface area contributed by atoms with Crippen LogP contribution in [0.5, 0.6) is 0 Å². The number of Topliss-reactive ketones (excluding diaryl/α,β-unsaturated/α-hetero) is 1. The molecule has 0 radical (unpaired) electrons. The Morgan fingerprint density at radius 3 is 2.40 bits per heavy atom. The van der Waals surface area contributed by atoms with Crippen LogP contribution in [-0.4, -0.2) is 10.8 Å². The van der Waals surface area contributed by atoms with Crippen molar-refractivity contribution in [3.05, 3.63) is 23.5 Å². The first-order chi connectivity index (χ1) is 7.38. The number of rotatable bonds is 0. The van der Waals surface area contributed by atoms with E-state index in [1.165, 1.54) is 32.1 Å². The van der Waals surface area contributed by atoms with E-state index in [-0.39, 0.29) is 0 Å². The topological polar surface area (TPSA) is 32.9 Å². The average Bonchev–Trinajstić information content (AvgIpc) is 2.68. The molecule has 1 heterocycles. The van der Waals surface area contributed by atoms with Crippen molar-refractivity contribution in [2.24, 2.45) is 0 Å². The van der Waals surface area contributed by atoms with E-state index in [1.54, 1.807) is 0 Å². The number of fused-ring (bicyclic) bond motifs is 1. The van der Waals surface area contributed by atoms with Gasteiger partial charge >= 0.3 is 0 Å². The third-order valence-corrected chi connectivity index (χ3v) is 3.21. The SMILES string of the molecule is O=C1CCCCCCCCc2[nH]ccc21. The zero-order chi connectivity index (χ0) is 10.5. The van der Waals surface area contributed by atoms with Gasteiger partial charge in [-0.3, -0.25) is 4.79 Å². The molecule has 1 aliphatic carbocycles. The molecule has 0 unspecified atom stereocenters. The summed E-state index contributed by atoms with van der Waals surface area (Å²) in [6, 6.07) is 1.94. The van der Waals surface area contributed by atoms with Gasteiger partial charge in [-0.25, -0.2) is 0 Å². The van der Waals surface area contributed by atoms with Gasteiger partial charge < -0.3 is 4.98 Å².